The second-order valence-corrected chi connectivity index (χ2v) is 4.31. The van der Waals surface area contributed by atoms with Gasteiger partial charge in [-0.25, -0.2) is 4.68 Å². The van der Waals surface area contributed by atoms with Crippen molar-refractivity contribution >= 4 is 23.2 Å². The number of hydrogen-bond donors (Lipinski definition) is 0. The predicted octanol–water partition coefficient (Wildman–Crippen LogP) is 2.68. The highest BCUT2D eigenvalue weighted by Gasteiger charge is 2.18. The Morgan fingerprint density at radius 1 is 1.47 bits per heavy atom. The second kappa shape index (κ2) is 5.84. The molecule has 0 spiro atoms. The van der Waals surface area contributed by atoms with Crippen LogP contribution in [0.25, 0.3) is 5.69 Å². The number of aromatic nitrogens is 3. The molecule has 0 aliphatic rings. The maximum Gasteiger partial charge on any atom is 0.226 e. The fourth-order valence-electron chi connectivity index (χ4n) is 1.82. The summed E-state index contributed by atoms with van der Waals surface area (Å²) in [5, 5.41) is 4.53. The number of hydrogen-bond acceptors (Lipinski definition) is 3. The Kier molecular flexibility index (Phi) is 4.16. The van der Waals surface area contributed by atoms with Crippen LogP contribution in [0.5, 0.6) is 0 Å². The highest BCUT2D eigenvalue weighted by molar-refractivity contribution is 6.32. The first-order valence-corrected chi connectivity index (χ1v) is 6.51. The van der Waals surface area contributed by atoms with Crippen molar-refractivity contribution in [3.05, 3.63) is 35.9 Å². The summed E-state index contributed by atoms with van der Waals surface area (Å²) < 4.78 is 1.62. The van der Waals surface area contributed by atoms with Crippen LogP contribution >= 0.6 is 11.6 Å². The van der Waals surface area contributed by atoms with Gasteiger partial charge in [0.1, 0.15) is 5.69 Å². The monoisotopic (exact) mass is 278 g/mol. The molecule has 0 radical (unpaired) electrons. The molecule has 2 aromatic rings. The van der Waals surface area contributed by atoms with Crippen molar-refractivity contribution < 1.29 is 4.79 Å². The van der Waals surface area contributed by atoms with Crippen molar-refractivity contribution in [2.75, 3.05) is 11.4 Å². The van der Waals surface area contributed by atoms with Gasteiger partial charge in [-0.05, 0) is 19.1 Å². The van der Waals surface area contributed by atoms with Crippen LogP contribution in [-0.2, 0) is 4.79 Å². The van der Waals surface area contributed by atoms with Crippen molar-refractivity contribution in [1.29, 1.82) is 0 Å². The normalized spacial score (nSPS) is 10.5. The van der Waals surface area contributed by atoms with Crippen LogP contribution in [0.3, 0.4) is 0 Å². The van der Waals surface area contributed by atoms with Gasteiger partial charge < -0.3 is 4.90 Å². The van der Waals surface area contributed by atoms with Crippen LogP contribution in [0, 0.1) is 0 Å². The van der Waals surface area contributed by atoms with Crippen molar-refractivity contribution in [3.63, 3.8) is 0 Å². The zero-order valence-electron chi connectivity index (χ0n) is 10.9. The summed E-state index contributed by atoms with van der Waals surface area (Å²) in [6, 6.07) is 3.69. The standard InChI is InChI=1S/C13H15ClN4O/c1-3-12(19)17(4-2)11-9-18(16-13(11)14)10-6-5-7-15-8-10/h5-9H,3-4H2,1-2H3. The van der Waals surface area contributed by atoms with Crippen LogP contribution in [0.15, 0.2) is 30.7 Å². The van der Waals surface area contributed by atoms with E-state index in [1.807, 2.05) is 26.0 Å². The molecule has 5 nitrogen and oxygen atoms in total. The first kappa shape index (κ1) is 13.5. The van der Waals surface area contributed by atoms with Crippen LogP contribution < -0.4 is 4.90 Å². The van der Waals surface area contributed by atoms with Crippen LogP contribution in [0.2, 0.25) is 5.15 Å². The SMILES string of the molecule is CCC(=O)N(CC)c1cn(-c2cccnc2)nc1Cl. The lowest BCUT2D eigenvalue weighted by atomic mass is 10.3. The van der Waals surface area contributed by atoms with E-state index in [-0.39, 0.29) is 5.91 Å². The first-order chi connectivity index (χ1) is 9.17. The van der Waals surface area contributed by atoms with E-state index in [0.29, 0.717) is 23.8 Å². The van der Waals surface area contributed by atoms with E-state index < -0.39 is 0 Å². The fourth-order valence-corrected chi connectivity index (χ4v) is 2.05. The molecule has 0 aromatic carbocycles. The zero-order valence-corrected chi connectivity index (χ0v) is 11.6. The van der Waals surface area contributed by atoms with E-state index in [1.54, 1.807) is 28.2 Å². The summed E-state index contributed by atoms with van der Waals surface area (Å²) in [5.74, 6) is 0.0233. The molecule has 0 unspecified atom stereocenters. The molecule has 19 heavy (non-hydrogen) atoms. The quantitative estimate of drug-likeness (QED) is 0.864. The molecule has 0 saturated heterocycles. The number of rotatable bonds is 4. The number of carbonyl (C=O) groups is 1. The minimum atomic E-state index is 0.0233. The highest BCUT2D eigenvalue weighted by Crippen LogP contribution is 2.26. The summed E-state index contributed by atoms with van der Waals surface area (Å²) in [5.41, 5.74) is 1.43. The molecule has 2 aromatic heterocycles. The summed E-state index contributed by atoms with van der Waals surface area (Å²) in [4.78, 5) is 17.5. The fraction of sp³-hybridized carbons (Fsp3) is 0.308. The van der Waals surface area contributed by atoms with E-state index in [2.05, 4.69) is 10.1 Å². The second-order valence-electron chi connectivity index (χ2n) is 3.95. The van der Waals surface area contributed by atoms with Crippen LogP contribution in [0.1, 0.15) is 20.3 Å². The van der Waals surface area contributed by atoms with Gasteiger partial charge in [0.25, 0.3) is 0 Å². The third kappa shape index (κ3) is 2.76. The van der Waals surface area contributed by atoms with E-state index in [0.717, 1.165) is 5.69 Å². The van der Waals surface area contributed by atoms with Gasteiger partial charge in [0.2, 0.25) is 5.91 Å². The molecule has 0 aliphatic carbocycles. The maximum absolute atomic E-state index is 11.9. The van der Waals surface area contributed by atoms with Gasteiger partial charge in [-0.1, -0.05) is 18.5 Å². The molecule has 2 heterocycles. The number of nitrogens with zero attached hydrogens (tertiary/aromatic N) is 4. The molecule has 6 heteroatoms. The van der Waals surface area contributed by atoms with E-state index in [9.17, 15) is 4.79 Å². The number of carbonyl (C=O) groups excluding carboxylic acids is 1. The molecular weight excluding hydrogens is 264 g/mol. The van der Waals surface area contributed by atoms with Gasteiger partial charge in [-0.2, -0.15) is 5.10 Å². The summed E-state index contributed by atoms with van der Waals surface area (Å²) in [7, 11) is 0. The van der Waals surface area contributed by atoms with Gasteiger partial charge in [0, 0.05) is 19.2 Å². The number of amides is 1. The molecule has 100 valence electrons. The van der Waals surface area contributed by atoms with Gasteiger partial charge in [0.05, 0.1) is 18.1 Å². The Morgan fingerprint density at radius 3 is 2.84 bits per heavy atom. The van der Waals surface area contributed by atoms with Crippen molar-refractivity contribution in [1.82, 2.24) is 14.8 Å². The van der Waals surface area contributed by atoms with Gasteiger partial charge in [-0.15, -0.1) is 0 Å². The molecule has 0 bridgehead atoms. The predicted molar refractivity (Wildman–Crippen MR) is 74.7 cm³/mol. The Hall–Kier alpha value is -1.88. The lowest BCUT2D eigenvalue weighted by Gasteiger charge is -2.18. The Morgan fingerprint density at radius 2 is 2.26 bits per heavy atom. The molecule has 2 rings (SSSR count). The molecular formula is C13H15ClN4O. The van der Waals surface area contributed by atoms with Gasteiger partial charge >= 0.3 is 0 Å². The summed E-state index contributed by atoms with van der Waals surface area (Å²) in [6.45, 7) is 4.29. The maximum atomic E-state index is 11.9. The lowest BCUT2D eigenvalue weighted by molar-refractivity contribution is -0.118. The molecule has 0 N–H and O–H groups in total. The minimum absolute atomic E-state index is 0.0233. The van der Waals surface area contributed by atoms with Crippen molar-refractivity contribution in [2.45, 2.75) is 20.3 Å². The molecule has 1 amide bonds. The number of pyridine rings is 1. The number of anilines is 1. The Bertz CT molecular complexity index is 567. The van der Waals surface area contributed by atoms with Crippen molar-refractivity contribution in [3.8, 4) is 5.69 Å². The smallest absolute Gasteiger partial charge is 0.226 e. The first-order valence-electron chi connectivity index (χ1n) is 6.13. The van der Waals surface area contributed by atoms with Gasteiger partial charge in [0.15, 0.2) is 5.15 Å². The lowest BCUT2D eigenvalue weighted by Crippen LogP contribution is -2.29. The van der Waals surface area contributed by atoms with E-state index >= 15 is 0 Å². The average molecular weight is 279 g/mol. The van der Waals surface area contributed by atoms with Crippen LogP contribution in [-0.4, -0.2) is 27.2 Å². The third-order valence-electron chi connectivity index (χ3n) is 2.77. The molecule has 0 fully saturated rings. The number of halogens is 1. The third-order valence-corrected chi connectivity index (χ3v) is 3.04. The minimum Gasteiger partial charge on any atom is -0.309 e. The summed E-state index contributed by atoms with van der Waals surface area (Å²) in [6.07, 6.45) is 5.55. The van der Waals surface area contributed by atoms with Gasteiger partial charge in [-0.3, -0.25) is 9.78 Å². The molecule has 0 atom stereocenters. The Balaban J connectivity index is 2.38. The zero-order chi connectivity index (χ0) is 13.8. The largest absolute Gasteiger partial charge is 0.309 e. The van der Waals surface area contributed by atoms with Crippen molar-refractivity contribution in [2.24, 2.45) is 0 Å². The molecule has 0 saturated carbocycles. The Labute approximate surface area is 116 Å². The highest BCUT2D eigenvalue weighted by atomic mass is 35.5. The average Bonchev–Trinajstić information content (AvgIpc) is 2.82. The topological polar surface area (TPSA) is 51.0 Å². The van der Waals surface area contributed by atoms with Crippen LogP contribution in [0.4, 0.5) is 5.69 Å². The van der Waals surface area contributed by atoms with E-state index in [1.165, 1.54) is 0 Å². The summed E-state index contributed by atoms with van der Waals surface area (Å²) >= 11 is 6.12. The van der Waals surface area contributed by atoms with E-state index in [4.69, 9.17) is 11.6 Å². The molecule has 0 aliphatic heterocycles.